The predicted molar refractivity (Wildman–Crippen MR) is 240 cm³/mol. The fraction of sp³-hybridized carbons (Fsp3) is 0.667. The molecular formula is C48H82NO8P. The molecule has 58 heavy (non-hydrogen) atoms. The van der Waals surface area contributed by atoms with Crippen LogP contribution in [0.5, 0.6) is 0 Å². The Morgan fingerprint density at radius 3 is 1.53 bits per heavy atom. The number of phosphoric ester groups is 1. The molecule has 0 saturated heterocycles. The molecule has 0 amide bonds. The molecular weight excluding hydrogens is 750 g/mol. The van der Waals surface area contributed by atoms with Crippen molar-refractivity contribution in [1.29, 1.82) is 0 Å². The van der Waals surface area contributed by atoms with Crippen LogP contribution in [0.25, 0.3) is 0 Å². The molecule has 0 spiro atoms. The highest BCUT2D eigenvalue weighted by Gasteiger charge is 2.21. The quantitative estimate of drug-likeness (QED) is 0.0198. The van der Waals surface area contributed by atoms with Crippen LogP contribution in [0, 0.1) is 0 Å². The largest absolute Gasteiger partial charge is 0.756 e. The first kappa shape index (κ1) is 55.2. The first-order chi connectivity index (χ1) is 28.0. The number of quaternary nitrogens is 1. The van der Waals surface area contributed by atoms with Crippen molar-refractivity contribution < 1.29 is 42.1 Å². The van der Waals surface area contributed by atoms with Crippen LogP contribution in [-0.4, -0.2) is 70.0 Å². The fourth-order valence-corrected chi connectivity index (χ4v) is 6.15. The van der Waals surface area contributed by atoms with Gasteiger partial charge >= 0.3 is 11.9 Å². The third-order valence-electron chi connectivity index (χ3n) is 8.91. The van der Waals surface area contributed by atoms with E-state index in [1.54, 1.807) is 0 Å². The molecule has 0 radical (unpaired) electrons. The predicted octanol–water partition coefficient (Wildman–Crippen LogP) is 12.2. The second-order valence-electron chi connectivity index (χ2n) is 15.7. The molecule has 0 rings (SSSR count). The molecule has 0 aliphatic rings. The number of hydrogen-bond donors (Lipinski definition) is 0. The van der Waals surface area contributed by atoms with Crippen molar-refractivity contribution in [2.45, 2.75) is 161 Å². The summed E-state index contributed by atoms with van der Waals surface area (Å²) in [7, 11) is 1.10. The van der Waals surface area contributed by atoms with Crippen molar-refractivity contribution in [3.05, 3.63) is 85.1 Å². The van der Waals surface area contributed by atoms with Gasteiger partial charge in [0.15, 0.2) is 6.10 Å². The van der Waals surface area contributed by atoms with E-state index < -0.39 is 32.5 Å². The molecule has 0 aliphatic heterocycles. The Kier molecular flexibility index (Phi) is 37.7. The van der Waals surface area contributed by atoms with E-state index in [4.69, 9.17) is 18.5 Å². The Hall–Kier alpha value is -2.81. The summed E-state index contributed by atoms with van der Waals surface area (Å²) < 4.78 is 33.8. The normalized spacial score (nSPS) is 14.4. The third kappa shape index (κ3) is 42.8. The van der Waals surface area contributed by atoms with Crippen LogP contribution >= 0.6 is 7.82 Å². The minimum absolute atomic E-state index is 0.0489. The van der Waals surface area contributed by atoms with Gasteiger partial charge in [-0.2, -0.15) is 0 Å². The Morgan fingerprint density at radius 2 is 1.02 bits per heavy atom. The zero-order valence-corrected chi connectivity index (χ0v) is 38.1. The molecule has 332 valence electrons. The summed E-state index contributed by atoms with van der Waals surface area (Å²) in [4.78, 5) is 37.5. The van der Waals surface area contributed by atoms with Gasteiger partial charge < -0.3 is 27.9 Å². The maximum Gasteiger partial charge on any atom is 0.306 e. The number of nitrogens with zero attached hydrogens (tertiary/aromatic N) is 1. The number of unbranched alkanes of at least 4 members (excludes halogenated alkanes) is 11. The van der Waals surface area contributed by atoms with Gasteiger partial charge in [0.25, 0.3) is 7.82 Å². The van der Waals surface area contributed by atoms with E-state index in [1.165, 1.54) is 57.8 Å². The van der Waals surface area contributed by atoms with Crippen molar-refractivity contribution in [1.82, 2.24) is 0 Å². The lowest BCUT2D eigenvalue weighted by Gasteiger charge is -2.28. The average Bonchev–Trinajstić information content (AvgIpc) is 3.17. The molecule has 2 atom stereocenters. The summed E-state index contributed by atoms with van der Waals surface area (Å²) in [6.45, 7) is 3.97. The fourth-order valence-electron chi connectivity index (χ4n) is 5.42. The number of ether oxygens (including phenoxy) is 2. The number of esters is 2. The topological polar surface area (TPSA) is 111 Å². The van der Waals surface area contributed by atoms with Gasteiger partial charge in [-0.05, 0) is 70.6 Å². The molecule has 0 bridgehead atoms. The molecule has 0 aromatic carbocycles. The lowest BCUT2D eigenvalue weighted by molar-refractivity contribution is -0.870. The maximum atomic E-state index is 12.6. The smallest absolute Gasteiger partial charge is 0.306 e. The van der Waals surface area contributed by atoms with Crippen molar-refractivity contribution >= 4 is 19.8 Å². The van der Waals surface area contributed by atoms with E-state index >= 15 is 0 Å². The number of allylic oxidation sites excluding steroid dienone is 14. The third-order valence-corrected chi connectivity index (χ3v) is 9.88. The van der Waals surface area contributed by atoms with Gasteiger partial charge in [-0.25, -0.2) is 0 Å². The molecule has 0 fully saturated rings. The summed E-state index contributed by atoms with van der Waals surface area (Å²) in [5.41, 5.74) is 0. The van der Waals surface area contributed by atoms with Gasteiger partial charge in [-0.3, -0.25) is 14.2 Å². The van der Waals surface area contributed by atoms with Gasteiger partial charge in [0, 0.05) is 12.8 Å². The lowest BCUT2D eigenvalue weighted by Crippen LogP contribution is -2.37. The summed E-state index contributed by atoms with van der Waals surface area (Å²) in [5, 5.41) is 0. The summed E-state index contributed by atoms with van der Waals surface area (Å²) in [5.74, 6) is -0.942. The van der Waals surface area contributed by atoms with Gasteiger partial charge in [-0.15, -0.1) is 0 Å². The first-order valence-corrected chi connectivity index (χ1v) is 23.8. The summed E-state index contributed by atoms with van der Waals surface area (Å²) in [6, 6.07) is 0. The van der Waals surface area contributed by atoms with Gasteiger partial charge in [0.2, 0.25) is 0 Å². The zero-order chi connectivity index (χ0) is 42.8. The van der Waals surface area contributed by atoms with Crippen molar-refractivity contribution in [2.75, 3.05) is 47.5 Å². The van der Waals surface area contributed by atoms with Crippen LogP contribution in [-0.2, 0) is 32.7 Å². The number of carbonyl (C=O) groups is 2. The van der Waals surface area contributed by atoms with Crippen LogP contribution in [0.1, 0.15) is 155 Å². The molecule has 0 N–H and O–H groups in total. The van der Waals surface area contributed by atoms with Crippen LogP contribution in [0.3, 0.4) is 0 Å². The van der Waals surface area contributed by atoms with E-state index in [-0.39, 0.29) is 26.1 Å². The second kappa shape index (κ2) is 39.6. The molecule has 0 heterocycles. The number of likely N-dealkylation sites (N-methyl/N-ethyl adjacent to an activating group) is 1. The Balaban J connectivity index is 4.50. The minimum Gasteiger partial charge on any atom is -0.756 e. The molecule has 0 aromatic rings. The van der Waals surface area contributed by atoms with E-state index in [9.17, 15) is 19.0 Å². The van der Waals surface area contributed by atoms with Gasteiger partial charge in [-0.1, -0.05) is 157 Å². The molecule has 9 nitrogen and oxygen atoms in total. The molecule has 1 unspecified atom stereocenters. The van der Waals surface area contributed by atoms with Crippen LogP contribution < -0.4 is 4.89 Å². The summed E-state index contributed by atoms with van der Waals surface area (Å²) in [6.07, 6.45) is 50.5. The van der Waals surface area contributed by atoms with Crippen LogP contribution in [0.15, 0.2) is 85.1 Å². The SMILES string of the molecule is CC/C=C/C/C=C/C/C=C/C/C=C/C/C=C/C/C=C/CCC(=O)O[C@H](COC(=O)CCCCCCCCCCC/C=C/CCCC)COP(=O)([O-])OCC[N+](C)(C)C. The molecule has 0 aromatic heterocycles. The van der Waals surface area contributed by atoms with Crippen LogP contribution in [0.2, 0.25) is 0 Å². The van der Waals surface area contributed by atoms with Crippen molar-refractivity contribution in [3.63, 3.8) is 0 Å². The van der Waals surface area contributed by atoms with Crippen molar-refractivity contribution in [2.24, 2.45) is 0 Å². The van der Waals surface area contributed by atoms with E-state index in [2.05, 4.69) is 86.8 Å². The Labute approximate surface area is 354 Å². The highest BCUT2D eigenvalue weighted by Crippen LogP contribution is 2.38. The lowest BCUT2D eigenvalue weighted by atomic mass is 10.1. The van der Waals surface area contributed by atoms with Crippen LogP contribution in [0.4, 0.5) is 0 Å². The average molecular weight is 832 g/mol. The number of carbonyl (C=O) groups excluding carboxylic acids is 2. The Bertz CT molecular complexity index is 1260. The van der Waals surface area contributed by atoms with Gasteiger partial charge in [0.1, 0.15) is 19.8 Å². The highest BCUT2D eigenvalue weighted by atomic mass is 31.2. The minimum atomic E-state index is -4.65. The number of hydrogen-bond acceptors (Lipinski definition) is 8. The second-order valence-corrected chi connectivity index (χ2v) is 17.1. The molecule has 0 aliphatic carbocycles. The van der Waals surface area contributed by atoms with Crippen molar-refractivity contribution in [3.8, 4) is 0 Å². The molecule has 0 saturated carbocycles. The van der Waals surface area contributed by atoms with E-state index in [1.807, 2.05) is 33.3 Å². The van der Waals surface area contributed by atoms with E-state index in [0.29, 0.717) is 23.9 Å². The summed E-state index contributed by atoms with van der Waals surface area (Å²) >= 11 is 0. The number of phosphoric acid groups is 1. The number of rotatable bonds is 39. The van der Waals surface area contributed by atoms with Gasteiger partial charge in [0.05, 0.1) is 27.7 Å². The van der Waals surface area contributed by atoms with E-state index in [0.717, 1.165) is 57.8 Å². The Morgan fingerprint density at radius 1 is 0.552 bits per heavy atom. The monoisotopic (exact) mass is 832 g/mol. The first-order valence-electron chi connectivity index (χ1n) is 22.3. The molecule has 10 heteroatoms. The highest BCUT2D eigenvalue weighted by molar-refractivity contribution is 7.45. The maximum absolute atomic E-state index is 12.6. The zero-order valence-electron chi connectivity index (χ0n) is 37.2. The standard InChI is InChI=1S/C48H82NO8P/c1-6-8-10-12-14-16-18-20-22-23-24-25-27-29-31-33-35-37-39-41-48(51)57-46(45-56-58(52,53)55-43-42-49(3,4)5)44-54-47(50)40-38-36-34-32-30-28-26-21-19-17-15-13-11-9-7-2/h8,10,13-16,20,22,24-25,29,31,35,37,46H,6-7,9,11-12,17-19,21,23,26-28,30,32-34,36,38-45H2,1-5H3/b10-8+,15-13+,16-14+,22-20+,25-24+,31-29+,37-35+/t46-/m1/s1.